The van der Waals surface area contributed by atoms with Crippen molar-refractivity contribution in [1.82, 2.24) is 0 Å². The lowest BCUT2D eigenvalue weighted by Crippen LogP contribution is -1.89. The highest BCUT2D eigenvalue weighted by Crippen LogP contribution is 2.26. The summed E-state index contributed by atoms with van der Waals surface area (Å²) in [5.74, 6) is 6.65. The van der Waals surface area contributed by atoms with Gasteiger partial charge in [0.2, 0.25) is 0 Å². The fourth-order valence-electron chi connectivity index (χ4n) is 2.49. The van der Waals surface area contributed by atoms with Crippen LogP contribution >= 0.6 is 0 Å². The van der Waals surface area contributed by atoms with Gasteiger partial charge in [-0.2, -0.15) is 0 Å². The van der Waals surface area contributed by atoms with E-state index in [0.717, 1.165) is 29.2 Å². The lowest BCUT2D eigenvalue weighted by molar-refractivity contribution is 0.474. The van der Waals surface area contributed by atoms with Gasteiger partial charge in [0.15, 0.2) is 0 Å². The summed E-state index contributed by atoms with van der Waals surface area (Å²) in [7, 11) is 0. The lowest BCUT2D eigenvalue weighted by atomic mass is 9.99. The minimum absolute atomic E-state index is 0.266. The molecular formula is C18H16O. The van der Waals surface area contributed by atoms with E-state index in [-0.39, 0.29) is 5.75 Å². The molecule has 0 aliphatic heterocycles. The van der Waals surface area contributed by atoms with Crippen molar-refractivity contribution in [2.24, 2.45) is 0 Å². The third-order valence-corrected chi connectivity index (χ3v) is 3.55. The maximum Gasteiger partial charge on any atom is 0.131 e. The molecule has 0 heterocycles. The van der Waals surface area contributed by atoms with Crippen LogP contribution in [0.3, 0.4) is 0 Å². The molecule has 0 fully saturated rings. The molecule has 0 saturated carbocycles. The standard InChI is InChI=1S/C18H16O/c19-18-13-11-15-8-4-5-9-16(15)17(18)12-10-14-6-2-1-3-7-14/h4-6,8-9,11,13,19H,1-3,7H2. The van der Waals surface area contributed by atoms with Crippen LogP contribution in [0.15, 0.2) is 48.0 Å². The molecule has 0 saturated heterocycles. The van der Waals surface area contributed by atoms with Crippen LogP contribution in [-0.2, 0) is 0 Å². The van der Waals surface area contributed by atoms with Gasteiger partial charge in [-0.3, -0.25) is 0 Å². The van der Waals surface area contributed by atoms with Crippen LogP contribution in [0.4, 0.5) is 0 Å². The van der Waals surface area contributed by atoms with Crippen LogP contribution in [-0.4, -0.2) is 5.11 Å². The van der Waals surface area contributed by atoms with Gasteiger partial charge in [0.1, 0.15) is 5.75 Å². The third kappa shape index (κ3) is 2.48. The van der Waals surface area contributed by atoms with Crippen molar-refractivity contribution in [2.45, 2.75) is 25.7 Å². The molecule has 3 rings (SSSR count). The van der Waals surface area contributed by atoms with Crippen LogP contribution in [0.25, 0.3) is 10.8 Å². The zero-order valence-electron chi connectivity index (χ0n) is 10.8. The van der Waals surface area contributed by atoms with Crippen molar-refractivity contribution in [3.8, 4) is 17.6 Å². The Morgan fingerprint density at radius 1 is 0.947 bits per heavy atom. The van der Waals surface area contributed by atoms with Crippen LogP contribution in [0.5, 0.6) is 5.75 Å². The number of hydrogen-bond acceptors (Lipinski definition) is 1. The summed E-state index contributed by atoms with van der Waals surface area (Å²) in [6, 6.07) is 11.7. The highest BCUT2D eigenvalue weighted by atomic mass is 16.3. The van der Waals surface area contributed by atoms with Gasteiger partial charge in [0.25, 0.3) is 0 Å². The van der Waals surface area contributed by atoms with Gasteiger partial charge in [0, 0.05) is 5.39 Å². The predicted octanol–water partition coefficient (Wildman–Crippen LogP) is 4.40. The second-order valence-corrected chi connectivity index (χ2v) is 4.91. The van der Waals surface area contributed by atoms with Crippen LogP contribution in [0.1, 0.15) is 31.2 Å². The Hall–Kier alpha value is -2.20. The van der Waals surface area contributed by atoms with Crippen molar-refractivity contribution in [1.29, 1.82) is 0 Å². The number of allylic oxidation sites excluding steroid dienone is 2. The molecule has 0 spiro atoms. The molecule has 1 aliphatic rings. The van der Waals surface area contributed by atoms with Crippen molar-refractivity contribution >= 4 is 10.8 Å². The lowest BCUT2D eigenvalue weighted by Gasteiger charge is -2.06. The maximum atomic E-state index is 10.0. The molecule has 0 atom stereocenters. The molecule has 1 N–H and O–H groups in total. The van der Waals surface area contributed by atoms with Crippen molar-refractivity contribution < 1.29 is 5.11 Å². The number of phenolic OH excluding ortho intramolecular Hbond substituents is 1. The Labute approximate surface area is 113 Å². The molecule has 0 amide bonds. The Morgan fingerprint density at radius 2 is 1.84 bits per heavy atom. The molecule has 19 heavy (non-hydrogen) atoms. The summed E-state index contributed by atoms with van der Waals surface area (Å²) in [5.41, 5.74) is 1.95. The SMILES string of the molecule is Oc1ccc2ccccc2c1C#CC1=CCCCC1. The highest BCUT2D eigenvalue weighted by molar-refractivity contribution is 5.90. The zero-order chi connectivity index (χ0) is 13.1. The van der Waals surface area contributed by atoms with E-state index in [1.54, 1.807) is 6.07 Å². The van der Waals surface area contributed by atoms with E-state index in [9.17, 15) is 5.11 Å². The van der Waals surface area contributed by atoms with Crippen LogP contribution < -0.4 is 0 Å². The topological polar surface area (TPSA) is 20.2 Å². The van der Waals surface area contributed by atoms with Gasteiger partial charge in [-0.15, -0.1) is 0 Å². The molecule has 94 valence electrons. The first-order valence-electron chi connectivity index (χ1n) is 6.76. The van der Waals surface area contributed by atoms with E-state index < -0.39 is 0 Å². The van der Waals surface area contributed by atoms with Crippen LogP contribution in [0.2, 0.25) is 0 Å². The normalized spacial score (nSPS) is 14.6. The summed E-state index contributed by atoms with van der Waals surface area (Å²) in [4.78, 5) is 0. The molecule has 2 aromatic rings. The van der Waals surface area contributed by atoms with Gasteiger partial charge in [-0.25, -0.2) is 0 Å². The van der Waals surface area contributed by atoms with E-state index in [4.69, 9.17) is 0 Å². The molecule has 0 radical (unpaired) electrons. The minimum atomic E-state index is 0.266. The first-order chi connectivity index (χ1) is 9.34. The van der Waals surface area contributed by atoms with E-state index in [0.29, 0.717) is 0 Å². The fourth-order valence-corrected chi connectivity index (χ4v) is 2.49. The Morgan fingerprint density at radius 3 is 2.68 bits per heavy atom. The zero-order valence-corrected chi connectivity index (χ0v) is 10.8. The average molecular weight is 248 g/mol. The monoisotopic (exact) mass is 248 g/mol. The van der Waals surface area contributed by atoms with E-state index in [2.05, 4.69) is 17.9 Å². The summed E-state index contributed by atoms with van der Waals surface area (Å²) in [6.07, 6.45) is 6.91. The van der Waals surface area contributed by atoms with Gasteiger partial charge < -0.3 is 5.11 Å². The summed E-state index contributed by atoms with van der Waals surface area (Å²) >= 11 is 0. The summed E-state index contributed by atoms with van der Waals surface area (Å²) in [5, 5.41) is 12.1. The van der Waals surface area contributed by atoms with Gasteiger partial charge in [-0.05, 0) is 42.7 Å². The quantitative estimate of drug-likeness (QED) is 0.685. The summed E-state index contributed by atoms with van der Waals surface area (Å²) < 4.78 is 0. The Kier molecular flexibility index (Phi) is 3.25. The van der Waals surface area contributed by atoms with Gasteiger partial charge in [-0.1, -0.05) is 48.2 Å². The fraction of sp³-hybridized carbons (Fsp3) is 0.222. The Balaban J connectivity index is 2.07. The largest absolute Gasteiger partial charge is 0.507 e. The smallest absolute Gasteiger partial charge is 0.131 e. The van der Waals surface area contributed by atoms with E-state index >= 15 is 0 Å². The minimum Gasteiger partial charge on any atom is -0.507 e. The van der Waals surface area contributed by atoms with Gasteiger partial charge >= 0.3 is 0 Å². The molecule has 0 unspecified atom stereocenters. The summed E-state index contributed by atoms with van der Waals surface area (Å²) in [6.45, 7) is 0. The molecule has 1 heteroatoms. The average Bonchev–Trinajstić information content (AvgIpc) is 2.47. The van der Waals surface area contributed by atoms with Crippen molar-refractivity contribution in [3.05, 3.63) is 53.6 Å². The number of benzene rings is 2. The second-order valence-electron chi connectivity index (χ2n) is 4.91. The molecule has 2 aromatic carbocycles. The number of phenols is 1. The maximum absolute atomic E-state index is 10.0. The highest BCUT2D eigenvalue weighted by Gasteiger charge is 2.04. The van der Waals surface area contributed by atoms with E-state index in [1.807, 2.05) is 30.3 Å². The number of aromatic hydroxyl groups is 1. The molecule has 0 aromatic heterocycles. The first-order valence-corrected chi connectivity index (χ1v) is 6.76. The predicted molar refractivity (Wildman–Crippen MR) is 79.0 cm³/mol. The molecule has 1 nitrogen and oxygen atoms in total. The first kappa shape index (κ1) is 11.9. The number of hydrogen-bond donors (Lipinski definition) is 1. The molecule has 0 bridgehead atoms. The van der Waals surface area contributed by atoms with Crippen molar-refractivity contribution in [2.75, 3.05) is 0 Å². The number of rotatable bonds is 0. The van der Waals surface area contributed by atoms with Crippen molar-refractivity contribution in [3.63, 3.8) is 0 Å². The van der Waals surface area contributed by atoms with Gasteiger partial charge in [0.05, 0.1) is 5.56 Å². The van der Waals surface area contributed by atoms with Crippen LogP contribution in [0, 0.1) is 11.8 Å². The molecular weight excluding hydrogens is 232 g/mol. The Bertz CT molecular complexity index is 698. The number of fused-ring (bicyclic) bond motifs is 1. The third-order valence-electron chi connectivity index (χ3n) is 3.55. The van der Waals surface area contributed by atoms with E-state index in [1.165, 1.54) is 18.4 Å². The molecule has 1 aliphatic carbocycles. The second kappa shape index (κ2) is 5.20.